The summed E-state index contributed by atoms with van der Waals surface area (Å²) in [6.07, 6.45) is -25.9. The van der Waals surface area contributed by atoms with Crippen LogP contribution < -0.4 is 0 Å². The Hall–Kier alpha value is -2.19. The molecule has 0 saturated heterocycles. The lowest BCUT2D eigenvalue weighted by Gasteiger charge is -2.40. The average molecular weight is 508 g/mol. The first kappa shape index (κ1) is 28.8. The Bertz CT molecular complexity index is 850. The number of hydrogen-bond acceptors (Lipinski definition) is 3. The maximum Gasteiger partial charge on any atom is 0.442 e. The Balaban J connectivity index is 3.94. The molecule has 0 aliphatic rings. The van der Waals surface area contributed by atoms with Gasteiger partial charge in [-0.15, -0.1) is 0 Å². The van der Waals surface area contributed by atoms with Crippen molar-refractivity contribution >= 4 is 5.97 Å². The first-order chi connectivity index (χ1) is 14.4. The smallest absolute Gasteiger partial charge is 0.434 e. The van der Waals surface area contributed by atoms with E-state index in [-0.39, 0.29) is 26.0 Å². The summed E-state index contributed by atoms with van der Waals surface area (Å²) in [7, 11) is 0. The molecule has 1 aromatic rings. The Labute approximate surface area is 178 Å². The summed E-state index contributed by atoms with van der Waals surface area (Å²) in [6, 6.07) is 0.162. The molecule has 0 aliphatic carbocycles. The third kappa shape index (κ3) is 4.73. The molecule has 0 fully saturated rings. The van der Waals surface area contributed by atoms with Crippen molar-refractivity contribution in [2.24, 2.45) is 5.41 Å². The molecule has 2 atom stereocenters. The number of carbonyl (C=O) groups is 1. The lowest BCUT2D eigenvalue weighted by atomic mass is 9.84. The van der Waals surface area contributed by atoms with E-state index in [4.69, 9.17) is 0 Å². The van der Waals surface area contributed by atoms with Gasteiger partial charge in [0.15, 0.2) is 11.0 Å². The van der Waals surface area contributed by atoms with Crippen LogP contribution in [0.15, 0.2) is 24.3 Å². The summed E-state index contributed by atoms with van der Waals surface area (Å²) in [5.74, 6) is -2.96. The molecule has 33 heavy (non-hydrogen) atoms. The van der Waals surface area contributed by atoms with Gasteiger partial charge < -0.3 is 9.84 Å². The van der Waals surface area contributed by atoms with Gasteiger partial charge in [-0.05, 0) is 31.9 Å². The monoisotopic (exact) mass is 508 g/mol. The molecule has 0 spiro atoms. The number of rotatable bonds is 5. The molecule has 15 heteroatoms. The molecule has 0 amide bonds. The van der Waals surface area contributed by atoms with Crippen molar-refractivity contribution in [1.29, 1.82) is 0 Å². The van der Waals surface area contributed by atoms with Gasteiger partial charge in [0, 0.05) is 5.56 Å². The molecule has 2 unspecified atom stereocenters. The molecule has 0 bridgehead atoms. The maximum atomic E-state index is 13.8. The average Bonchev–Trinajstić information content (AvgIpc) is 2.61. The van der Waals surface area contributed by atoms with Crippen LogP contribution in [0.2, 0.25) is 0 Å². The first-order valence-corrected chi connectivity index (χ1v) is 8.74. The number of aliphatic hydroxyl groups is 1. The molecule has 0 radical (unpaired) electrons. The second kappa shape index (κ2) is 8.24. The highest BCUT2D eigenvalue weighted by Gasteiger charge is 2.76. The molecule has 0 saturated carbocycles. The second-order valence-corrected chi connectivity index (χ2v) is 7.40. The molecule has 0 heterocycles. The van der Waals surface area contributed by atoms with Crippen LogP contribution in [0.25, 0.3) is 0 Å². The van der Waals surface area contributed by atoms with Crippen LogP contribution in [0, 0.1) is 5.41 Å². The fraction of sp³-hybridized carbons (Fsp3) is 0.611. The number of halogens is 12. The second-order valence-electron chi connectivity index (χ2n) is 7.40. The van der Waals surface area contributed by atoms with E-state index in [1.807, 2.05) is 0 Å². The normalized spacial score (nSPS) is 17.8. The lowest BCUT2D eigenvalue weighted by Crippen LogP contribution is -2.59. The van der Waals surface area contributed by atoms with Gasteiger partial charge in [0.05, 0.1) is 0 Å². The highest BCUT2D eigenvalue weighted by atomic mass is 19.4. The third-order valence-corrected chi connectivity index (χ3v) is 5.21. The fourth-order valence-corrected chi connectivity index (χ4v) is 2.58. The van der Waals surface area contributed by atoms with E-state index >= 15 is 0 Å². The zero-order valence-corrected chi connectivity index (χ0v) is 16.8. The molecule has 190 valence electrons. The molecular formula is C18H16F12O3. The Morgan fingerprint density at radius 2 is 1.21 bits per heavy atom. The zero-order valence-electron chi connectivity index (χ0n) is 16.8. The molecule has 0 aromatic heterocycles. The van der Waals surface area contributed by atoms with Crippen LogP contribution in [-0.2, 0) is 20.7 Å². The van der Waals surface area contributed by atoms with Crippen molar-refractivity contribution < 1.29 is 67.3 Å². The van der Waals surface area contributed by atoms with Crippen molar-refractivity contribution in [3.05, 3.63) is 35.4 Å². The molecule has 3 nitrogen and oxygen atoms in total. The third-order valence-electron chi connectivity index (χ3n) is 5.21. The van der Waals surface area contributed by atoms with Crippen LogP contribution >= 0.6 is 0 Å². The van der Waals surface area contributed by atoms with Crippen LogP contribution in [-0.4, -0.2) is 35.8 Å². The van der Waals surface area contributed by atoms with Crippen molar-refractivity contribution in [3.8, 4) is 0 Å². The van der Waals surface area contributed by atoms with Gasteiger partial charge >= 0.3 is 36.3 Å². The fourth-order valence-electron chi connectivity index (χ4n) is 2.58. The van der Waals surface area contributed by atoms with E-state index < -0.39 is 70.9 Å². The van der Waals surface area contributed by atoms with Gasteiger partial charge in [0.1, 0.15) is 0 Å². The summed E-state index contributed by atoms with van der Waals surface area (Å²) in [5.41, 5.74) is -17.3. The number of hydrogen-bond donors (Lipinski definition) is 1. The Morgan fingerprint density at radius 1 is 0.788 bits per heavy atom. The van der Waals surface area contributed by atoms with E-state index in [0.717, 1.165) is 0 Å². The summed E-state index contributed by atoms with van der Waals surface area (Å²) >= 11 is 0. The number of esters is 1. The van der Waals surface area contributed by atoms with Crippen molar-refractivity contribution in [2.45, 2.75) is 63.1 Å². The molecule has 0 aliphatic heterocycles. The van der Waals surface area contributed by atoms with Gasteiger partial charge in [-0.2, -0.15) is 52.7 Å². The van der Waals surface area contributed by atoms with Gasteiger partial charge in [-0.1, -0.05) is 25.1 Å². The van der Waals surface area contributed by atoms with Crippen molar-refractivity contribution in [2.75, 3.05) is 0 Å². The van der Waals surface area contributed by atoms with Crippen molar-refractivity contribution in [1.82, 2.24) is 0 Å². The minimum Gasteiger partial charge on any atom is -0.434 e. The number of alkyl halides is 12. The number of carbonyl (C=O) groups excluding carboxylic acids is 1. The van der Waals surface area contributed by atoms with Crippen LogP contribution in [0.1, 0.15) is 38.3 Å². The SMILES string of the molecule is CCC(C)(C(=O)OC(c1cccc(C(C)(O)C(F)(F)F)c1)(C(F)(F)F)C(F)(F)F)C(F)(F)F. The van der Waals surface area contributed by atoms with E-state index in [2.05, 4.69) is 4.74 Å². The molecule has 1 N–H and O–H groups in total. The minimum atomic E-state index is -6.68. The van der Waals surface area contributed by atoms with Gasteiger partial charge in [-0.3, -0.25) is 4.79 Å². The topological polar surface area (TPSA) is 46.5 Å². The van der Waals surface area contributed by atoms with Gasteiger partial charge in [0.25, 0.3) is 0 Å². The van der Waals surface area contributed by atoms with Crippen LogP contribution in [0.4, 0.5) is 52.7 Å². The maximum absolute atomic E-state index is 13.8. The molecule has 1 rings (SSSR count). The molecule has 1 aromatic carbocycles. The highest BCUT2D eigenvalue weighted by Crippen LogP contribution is 2.55. The number of benzene rings is 1. The van der Waals surface area contributed by atoms with Crippen LogP contribution in [0.5, 0.6) is 0 Å². The molecular weight excluding hydrogens is 492 g/mol. The van der Waals surface area contributed by atoms with E-state index in [1.54, 1.807) is 0 Å². The van der Waals surface area contributed by atoms with Crippen molar-refractivity contribution in [3.63, 3.8) is 0 Å². The predicted octanol–water partition coefficient (Wildman–Crippen LogP) is 6.30. The van der Waals surface area contributed by atoms with E-state index in [9.17, 15) is 62.6 Å². The zero-order chi connectivity index (χ0) is 26.5. The Morgan fingerprint density at radius 3 is 1.55 bits per heavy atom. The predicted molar refractivity (Wildman–Crippen MR) is 86.4 cm³/mol. The standard InChI is InChI=1S/C18H16F12O3/c1-4-12(2,15(19,20)21)11(31)33-14(17(25,26)27,18(28,29)30)10-7-5-6-9(8-10)13(3,32)16(22,23)24/h5-8,32H,4H2,1-3H3. The summed E-state index contributed by atoms with van der Waals surface area (Å²) in [6.45, 7) is 0.690. The summed E-state index contributed by atoms with van der Waals surface area (Å²) in [4.78, 5) is 12.1. The Kier molecular flexibility index (Phi) is 7.20. The summed E-state index contributed by atoms with van der Waals surface area (Å²) in [5, 5.41) is 9.63. The lowest BCUT2D eigenvalue weighted by molar-refractivity contribution is -0.382. The van der Waals surface area contributed by atoms with E-state index in [0.29, 0.717) is 13.0 Å². The minimum absolute atomic E-state index is 0.0116. The quantitative estimate of drug-likeness (QED) is 0.375. The van der Waals surface area contributed by atoms with Gasteiger partial charge in [0.2, 0.25) is 0 Å². The first-order valence-electron chi connectivity index (χ1n) is 8.74. The van der Waals surface area contributed by atoms with Gasteiger partial charge in [-0.25, -0.2) is 0 Å². The van der Waals surface area contributed by atoms with Crippen LogP contribution in [0.3, 0.4) is 0 Å². The number of ether oxygens (including phenoxy) is 1. The largest absolute Gasteiger partial charge is 0.442 e. The summed E-state index contributed by atoms with van der Waals surface area (Å²) < 4.78 is 165. The van der Waals surface area contributed by atoms with E-state index in [1.165, 1.54) is 0 Å². The highest BCUT2D eigenvalue weighted by molar-refractivity contribution is 5.78.